The van der Waals surface area contributed by atoms with Crippen LogP contribution in [0, 0.1) is 6.92 Å². The van der Waals surface area contributed by atoms with Gasteiger partial charge < -0.3 is 15.5 Å². The zero-order chi connectivity index (χ0) is 18.4. The van der Waals surface area contributed by atoms with Crippen molar-refractivity contribution < 1.29 is 4.79 Å². The molecule has 0 spiro atoms. The number of piperazine rings is 1. The molecule has 1 aliphatic heterocycles. The number of aryl methyl sites for hydroxylation is 1. The van der Waals surface area contributed by atoms with Crippen LogP contribution in [0.1, 0.15) is 49.3 Å². The first-order valence-corrected chi connectivity index (χ1v) is 10.2. The Hall–Kier alpha value is -1.59. The first kappa shape index (κ1) is 19.2. The van der Waals surface area contributed by atoms with Gasteiger partial charge in [-0.25, -0.2) is 4.79 Å². The highest BCUT2D eigenvalue weighted by atomic mass is 16.2. The predicted octanol–water partition coefficient (Wildman–Crippen LogP) is 2.92. The van der Waals surface area contributed by atoms with Crippen molar-refractivity contribution >= 4 is 6.03 Å². The minimum absolute atomic E-state index is 0.0110. The summed E-state index contributed by atoms with van der Waals surface area (Å²) in [5.41, 5.74) is 2.56. The van der Waals surface area contributed by atoms with E-state index in [0.29, 0.717) is 12.6 Å². The maximum absolute atomic E-state index is 12.4. The van der Waals surface area contributed by atoms with Gasteiger partial charge in [-0.1, -0.05) is 49.1 Å². The number of rotatable bonds is 5. The number of carbonyl (C=O) groups excluding carboxylic acids is 1. The van der Waals surface area contributed by atoms with E-state index in [0.717, 1.165) is 39.0 Å². The molecule has 2 amide bonds. The minimum Gasteiger partial charge on any atom is -0.336 e. The van der Waals surface area contributed by atoms with Crippen molar-refractivity contribution in [2.24, 2.45) is 0 Å². The molecule has 2 aliphatic rings. The SMILES string of the molecule is Cc1ccc([C@@H](CNC(=O)NC2CCCCC2)N2CCN(C)CC2)cc1. The lowest BCUT2D eigenvalue weighted by Gasteiger charge is -2.38. The molecule has 0 bridgehead atoms. The highest BCUT2D eigenvalue weighted by Crippen LogP contribution is 2.22. The van der Waals surface area contributed by atoms with Gasteiger partial charge in [0.1, 0.15) is 0 Å². The third-order valence-corrected chi connectivity index (χ3v) is 5.84. The highest BCUT2D eigenvalue weighted by Gasteiger charge is 2.25. The average Bonchev–Trinajstić information content (AvgIpc) is 2.65. The molecule has 3 rings (SSSR count). The average molecular weight is 359 g/mol. The Bertz CT molecular complexity index is 560. The Kier molecular flexibility index (Phi) is 6.92. The van der Waals surface area contributed by atoms with Crippen LogP contribution in [0.2, 0.25) is 0 Å². The van der Waals surface area contributed by atoms with Gasteiger partial charge in [0, 0.05) is 38.8 Å². The van der Waals surface area contributed by atoms with Gasteiger partial charge in [-0.15, -0.1) is 0 Å². The molecule has 26 heavy (non-hydrogen) atoms. The van der Waals surface area contributed by atoms with Crippen molar-refractivity contribution in [2.75, 3.05) is 39.8 Å². The van der Waals surface area contributed by atoms with E-state index in [4.69, 9.17) is 0 Å². The van der Waals surface area contributed by atoms with E-state index in [-0.39, 0.29) is 12.1 Å². The van der Waals surface area contributed by atoms with E-state index >= 15 is 0 Å². The highest BCUT2D eigenvalue weighted by molar-refractivity contribution is 5.74. The smallest absolute Gasteiger partial charge is 0.315 e. The van der Waals surface area contributed by atoms with Crippen LogP contribution in [0.5, 0.6) is 0 Å². The maximum Gasteiger partial charge on any atom is 0.315 e. The second-order valence-corrected chi connectivity index (χ2v) is 7.96. The van der Waals surface area contributed by atoms with Crippen molar-refractivity contribution in [1.82, 2.24) is 20.4 Å². The molecular formula is C21H34N4O. The number of urea groups is 1. The summed E-state index contributed by atoms with van der Waals surface area (Å²) in [6, 6.07) is 9.33. The van der Waals surface area contributed by atoms with Crippen LogP contribution in [-0.4, -0.2) is 61.6 Å². The lowest BCUT2D eigenvalue weighted by molar-refractivity contribution is 0.111. The summed E-state index contributed by atoms with van der Waals surface area (Å²) in [6.07, 6.45) is 6.01. The summed E-state index contributed by atoms with van der Waals surface area (Å²) in [6.45, 7) is 7.02. The summed E-state index contributed by atoms with van der Waals surface area (Å²) < 4.78 is 0. The molecule has 5 nitrogen and oxygen atoms in total. The Labute approximate surface area is 158 Å². The summed E-state index contributed by atoms with van der Waals surface area (Å²) in [5, 5.41) is 6.31. The third kappa shape index (κ3) is 5.45. The molecule has 2 fully saturated rings. The van der Waals surface area contributed by atoms with Crippen LogP contribution in [-0.2, 0) is 0 Å². The summed E-state index contributed by atoms with van der Waals surface area (Å²) in [7, 11) is 2.17. The Morgan fingerprint density at radius 1 is 1.08 bits per heavy atom. The van der Waals surface area contributed by atoms with Crippen LogP contribution < -0.4 is 10.6 Å². The van der Waals surface area contributed by atoms with Crippen molar-refractivity contribution in [3.05, 3.63) is 35.4 Å². The number of hydrogen-bond donors (Lipinski definition) is 2. The monoisotopic (exact) mass is 358 g/mol. The van der Waals surface area contributed by atoms with Crippen molar-refractivity contribution in [3.8, 4) is 0 Å². The Balaban J connectivity index is 1.59. The van der Waals surface area contributed by atoms with Crippen LogP contribution in [0.3, 0.4) is 0 Å². The number of carbonyl (C=O) groups is 1. The van der Waals surface area contributed by atoms with Crippen molar-refractivity contribution in [2.45, 2.75) is 51.1 Å². The van der Waals surface area contributed by atoms with Gasteiger partial charge in [-0.3, -0.25) is 4.90 Å². The lowest BCUT2D eigenvalue weighted by Crippen LogP contribution is -2.50. The molecule has 1 saturated heterocycles. The molecule has 2 N–H and O–H groups in total. The van der Waals surface area contributed by atoms with Gasteiger partial charge in [0.2, 0.25) is 0 Å². The van der Waals surface area contributed by atoms with E-state index in [1.54, 1.807) is 0 Å². The standard InChI is InChI=1S/C21H34N4O/c1-17-8-10-18(11-9-17)20(25-14-12-24(2)13-15-25)16-22-21(26)23-19-6-4-3-5-7-19/h8-11,19-20H,3-7,12-16H2,1-2H3,(H2,22,23,26)/t20-/m1/s1. The van der Waals surface area contributed by atoms with Gasteiger partial charge in [0.05, 0.1) is 6.04 Å². The molecule has 0 radical (unpaired) electrons. The first-order valence-electron chi connectivity index (χ1n) is 10.2. The molecule has 0 aromatic heterocycles. The molecule has 144 valence electrons. The number of nitrogens with one attached hydrogen (secondary N) is 2. The van der Waals surface area contributed by atoms with E-state index < -0.39 is 0 Å². The summed E-state index contributed by atoms with van der Waals surface area (Å²) >= 11 is 0. The van der Waals surface area contributed by atoms with Gasteiger partial charge in [-0.05, 0) is 32.4 Å². The largest absolute Gasteiger partial charge is 0.336 e. The fourth-order valence-corrected chi connectivity index (χ4v) is 4.05. The zero-order valence-corrected chi connectivity index (χ0v) is 16.3. The molecule has 1 atom stereocenters. The molecule has 1 aliphatic carbocycles. The number of nitrogens with zero attached hydrogens (tertiary/aromatic N) is 2. The molecule has 5 heteroatoms. The fraction of sp³-hybridized carbons (Fsp3) is 0.667. The fourth-order valence-electron chi connectivity index (χ4n) is 4.05. The molecule has 0 unspecified atom stereocenters. The van der Waals surface area contributed by atoms with Gasteiger partial charge in [0.25, 0.3) is 0 Å². The number of amides is 2. The maximum atomic E-state index is 12.4. The van der Waals surface area contributed by atoms with E-state index in [1.807, 2.05) is 0 Å². The topological polar surface area (TPSA) is 47.6 Å². The Morgan fingerprint density at radius 3 is 2.38 bits per heavy atom. The number of benzene rings is 1. The lowest BCUT2D eigenvalue weighted by atomic mass is 9.96. The van der Waals surface area contributed by atoms with E-state index in [1.165, 1.54) is 30.4 Å². The van der Waals surface area contributed by atoms with Crippen LogP contribution >= 0.6 is 0 Å². The quantitative estimate of drug-likeness (QED) is 0.851. The minimum atomic E-state index is -0.0110. The van der Waals surface area contributed by atoms with E-state index in [9.17, 15) is 4.79 Å². The second-order valence-electron chi connectivity index (χ2n) is 7.96. The molecule has 1 aromatic carbocycles. The number of hydrogen-bond acceptors (Lipinski definition) is 3. The van der Waals surface area contributed by atoms with E-state index in [2.05, 4.69) is 58.7 Å². The summed E-state index contributed by atoms with van der Waals surface area (Å²) in [4.78, 5) is 17.3. The first-order chi connectivity index (χ1) is 12.6. The van der Waals surface area contributed by atoms with Crippen LogP contribution in [0.15, 0.2) is 24.3 Å². The molecule has 1 aromatic rings. The molecular weight excluding hydrogens is 324 g/mol. The summed E-state index contributed by atoms with van der Waals surface area (Å²) in [5.74, 6) is 0. The van der Waals surface area contributed by atoms with Crippen LogP contribution in [0.4, 0.5) is 4.79 Å². The normalized spacial score (nSPS) is 21.3. The van der Waals surface area contributed by atoms with Gasteiger partial charge in [0.15, 0.2) is 0 Å². The molecule has 1 saturated carbocycles. The Morgan fingerprint density at radius 2 is 1.73 bits per heavy atom. The molecule has 1 heterocycles. The number of likely N-dealkylation sites (N-methyl/N-ethyl adjacent to an activating group) is 1. The zero-order valence-electron chi connectivity index (χ0n) is 16.3. The van der Waals surface area contributed by atoms with Gasteiger partial charge >= 0.3 is 6.03 Å². The van der Waals surface area contributed by atoms with Crippen molar-refractivity contribution in [1.29, 1.82) is 0 Å². The van der Waals surface area contributed by atoms with Crippen molar-refractivity contribution in [3.63, 3.8) is 0 Å². The predicted molar refractivity (Wildman–Crippen MR) is 106 cm³/mol. The second kappa shape index (κ2) is 9.38. The third-order valence-electron chi connectivity index (χ3n) is 5.84. The van der Waals surface area contributed by atoms with Crippen LogP contribution in [0.25, 0.3) is 0 Å². The van der Waals surface area contributed by atoms with Gasteiger partial charge in [-0.2, -0.15) is 0 Å².